The molecular weight excluding hydrogens is 292 g/mol. The highest BCUT2D eigenvalue weighted by molar-refractivity contribution is 6.01. The summed E-state index contributed by atoms with van der Waals surface area (Å²) in [7, 11) is 1.56. The van der Waals surface area contributed by atoms with Crippen LogP contribution in [0.5, 0.6) is 5.75 Å². The van der Waals surface area contributed by atoms with Gasteiger partial charge in [-0.1, -0.05) is 17.2 Å². The van der Waals surface area contributed by atoms with Crippen molar-refractivity contribution in [2.75, 3.05) is 7.11 Å². The van der Waals surface area contributed by atoms with Crippen LogP contribution < -0.4 is 4.74 Å². The molecule has 0 amide bonds. The number of rotatable bonds is 5. The van der Waals surface area contributed by atoms with Gasteiger partial charge in [-0.05, 0) is 57.2 Å². The lowest BCUT2D eigenvalue weighted by molar-refractivity contribution is 0.0318. The molecule has 0 bridgehead atoms. The lowest BCUT2D eigenvalue weighted by atomic mass is 10.1. The van der Waals surface area contributed by atoms with Gasteiger partial charge in [0, 0.05) is 5.56 Å². The number of aryl methyl sites for hydroxylation is 2. The van der Waals surface area contributed by atoms with Crippen molar-refractivity contribution in [2.24, 2.45) is 0 Å². The van der Waals surface area contributed by atoms with Crippen LogP contribution in [0.4, 0.5) is 0 Å². The Bertz CT molecular complexity index is 696. The zero-order valence-electron chi connectivity index (χ0n) is 13.8. The lowest BCUT2D eigenvalue weighted by Crippen LogP contribution is -2.24. The number of hydrogen-bond acceptors (Lipinski definition) is 4. The molecule has 4 heteroatoms. The average Bonchev–Trinajstić information content (AvgIpc) is 2.53. The van der Waals surface area contributed by atoms with Gasteiger partial charge >= 0.3 is 5.97 Å². The lowest BCUT2D eigenvalue weighted by Gasteiger charge is -2.13. The highest BCUT2D eigenvalue weighted by Gasteiger charge is 2.20. The molecule has 1 atom stereocenters. The van der Waals surface area contributed by atoms with Crippen molar-refractivity contribution >= 4 is 11.8 Å². The summed E-state index contributed by atoms with van der Waals surface area (Å²) in [5.41, 5.74) is 2.89. The SMILES string of the molecule is COc1ccc(C(=O)[C@H](C)OC(=O)c2cc(C)cc(C)c2)cc1. The molecule has 0 saturated carbocycles. The van der Waals surface area contributed by atoms with Gasteiger partial charge in [0.05, 0.1) is 12.7 Å². The third-order valence-electron chi connectivity index (χ3n) is 3.48. The molecule has 0 radical (unpaired) electrons. The summed E-state index contributed by atoms with van der Waals surface area (Å²) >= 11 is 0. The summed E-state index contributed by atoms with van der Waals surface area (Å²) in [6.07, 6.45) is -0.850. The van der Waals surface area contributed by atoms with Crippen molar-refractivity contribution in [3.8, 4) is 5.75 Å². The Morgan fingerprint density at radius 2 is 1.48 bits per heavy atom. The van der Waals surface area contributed by atoms with Crippen LogP contribution in [0.1, 0.15) is 38.8 Å². The Hall–Kier alpha value is -2.62. The fourth-order valence-corrected chi connectivity index (χ4v) is 2.36. The number of carbonyl (C=O) groups excluding carboxylic acids is 2. The van der Waals surface area contributed by atoms with Gasteiger partial charge in [0.1, 0.15) is 5.75 Å². The molecule has 2 aromatic carbocycles. The van der Waals surface area contributed by atoms with Crippen LogP contribution in [-0.4, -0.2) is 25.0 Å². The van der Waals surface area contributed by atoms with Crippen molar-refractivity contribution in [3.63, 3.8) is 0 Å². The maximum Gasteiger partial charge on any atom is 0.338 e. The Morgan fingerprint density at radius 3 is 2.00 bits per heavy atom. The normalized spacial score (nSPS) is 11.7. The van der Waals surface area contributed by atoms with E-state index in [0.29, 0.717) is 16.9 Å². The number of ether oxygens (including phenoxy) is 2. The summed E-state index contributed by atoms with van der Waals surface area (Å²) in [4.78, 5) is 24.5. The zero-order valence-corrected chi connectivity index (χ0v) is 13.8. The molecule has 0 fully saturated rings. The van der Waals surface area contributed by atoms with Crippen LogP contribution in [-0.2, 0) is 4.74 Å². The minimum Gasteiger partial charge on any atom is -0.497 e. The van der Waals surface area contributed by atoms with Crippen LogP contribution in [0, 0.1) is 13.8 Å². The third kappa shape index (κ3) is 4.19. The number of methoxy groups -OCH3 is 1. The van der Waals surface area contributed by atoms with E-state index in [-0.39, 0.29) is 5.78 Å². The van der Waals surface area contributed by atoms with E-state index in [4.69, 9.17) is 9.47 Å². The highest BCUT2D eigenvalue weighted by atomic mass is 16.5. The monoisotopic (exact) mass is 312 g/mol. The summed E-state index contributed by atoms with van der Waals surface area (Å²) in [5, 5.41) is 0. The first-order valence-corrected chi connectivity index (χ1v) is 7.38. The number of benzene rings is 2. The average molecular weight is 312 g/mol. The largest absolute Gasteiger partial charge is 0.497 e. The summed E-state index contributed by atoms with van der Waals surface area (Å²) in [6.45, 7) is 5.40. The van der Waals surface area contributed by atoms with Crippen LogP contribution in [0.25, 0.3) is 0 Å². The van der Waals surface area contributed by atoms with Crippen molar-refractivity contribution in [1.29, 1.82) is 0 Å². The molecule has 0 saturated heterocycles. The maximum atomic E-state index is 12.3. The van der Waals surface area contributed by atoms with Crippen LogP contribution in [0.3, 0.4) is 0 Å². The Kier molecular flexibility index (Phi) is 5.16. The quantitative estimate of drug-likeness (QED) is 0.623. The minimum absolute atomic E-state index is 0.245. The highest BCUT2D eigenvalue weighted by Crippen LogP contribution is 2.15. The molecule has 0 unspecified atom stereocenters. The summed E-state index contributed by atoms with van der Waals surface area (Å²) in [6, 6.07) is 12.2. The molecule has 0 aliphatic carbocycles. The van der Waals surface area contributed by atoms with Gasteiger partial charge in [-0.25, -0.2) is 4.79 Å². The number of Topliss-reactive ketones (excluding diaryl/α,β-unsaturated/α-hetero) is 1. The van der Waals surface area contributed by atoms with Gasteiger partial charge in [-0.15, -0.1) is 0 Å². The van der Waals surface area contributed by atoms with Crippen molar-refractivity contribution in [1.82, 2.24) is 0 Å². The molecule has 0 N–H and O–H groups in total. The van der Waals surface area contributed by atoms with E-state index in [9.17, 15) is 9.59 Å². The van der Waals surface area contributed by atoms with Crippen molar-refractivity contribution in [3.05, 3.63) is 64.7 Å². The molecule has 120 valence electrons. The number of hydrogen-bond donors (Lipinski definition) is 0. The van der Waals surface area contributed by atoms with Crippen LogP contribution in [0.2, 0.25) is 0 Å². The van der Waals surface area contributed by atoms with E-state index in [1.54, 1.807) is 50.4 Å². The molecule has 0 aliphatic rings. The van der Waals surface area contributed by atoms with E-state index >= 15 is 0 Å². The smallest absolute Gasteiger partial charge is 0.338 e. The number of esters is 1. The van der Waals surface area contributed by atoms with E-state index in [1.165, 1.54) is 0 Å². The van der Waals surface area contributed by atoms with Crippen molar-refractivity contribution < 1.29 is 19.1 Å². The molecule has 0 spiro atoms. The summed E-state index contributed by atoms with van der Waals surface area (Å²) < 4.78 is 10.4. The molecular formula is C19H20O4. The Balaban J connectivity index is 2.09. The topological polar surface area (TPSA) is 52.6 Å². The predicted molar refractivity (Wildman–Crippen MR) is 88.1 cm³/mol. The van der Waals surface area contributed by atoms with Gasteiger partial charge < -0.3 is 9.47 Å². The second-order valence-electron chi connectivity index (χ2n) is 5.52. The molecule has 0 heterocycles. The van der Waals surface area contributed by atoms with E-state index in [1.807, 2.05) is 19.9 Å². The molecule has 4 nitrogen and oxygen atoms in total. The second-order valence-corrected chi connectivity index (χ2v) is 5.52. The van der Waals surface area contributed by atoms with Gasteiger partial charge in [-0.2, -0.15) is 0 Å². The first kappa shape index (κ1) is 16.7. The second kappa shape index (κ2) is 7.09. The maximum absolute atomic E-state index is 12.3. The first-order valence-electron chi connectivity index (χ1n) is 7.38. The molecule has 0 aromatic heterocycles. The van der Waals surface area contributed by atoms with Gasteiger partial charge in [0.2, 0.25) is 5.78 Å². The zero-order chi connectivity index (χ0) is 17.0. The molecule has 2 rings (SSSR count). The van der Waals surface area contributed by atoms with Gasteiger partial charge in [-0.3, -0.25) is 4.79 Å². The van der Waals surface area contributed by atoms with Crippen molar-refractivity contribution in [2.45, 2.75) is 26.9 Å². The van der Waals surface area contributed by atoms with Crippen LogP contribution in [0.15, 0.2) is 42.5 Å². The standard InChI is InChI=1S/C19H20O4/c1-12-9-13(2)11-16(10-12)19(21)23-14(3)18(20)15-5-7-17(22-4)8-6-15/h5-11,14H,1-4H3/t14-/m0/s1. The van der Waals surface area contributed by atoms with E-state index < -0.39 is 12.1 Å². The van der Waals surface area contributed by atoms with Gasteiger partial charge in [0.15, 0.2) is 6.10 Å². The first-order chi connectivity index (χ1) is 10.9. The molecule has 2 aromatic rings. The van der Waals surface area contributed by atoms with E-state index in [0.717, 1.165) is 11.1 Å². The fraction of sp³-hybridized carbons (Fsp3) is 0.263. The van der Waals surface area contributed by atoms with Gasteiger partial charge in [0.25, 0.3) is 0 Å². The Labute approximate surface area is 136 Å². The van der Waals surface area contributed by atoms with E-state index in [2.05, 4.69) is 0 Å². The molecule has 23 heavy (non-hydrogen) atoms. The molecule has 0 aliphatic heterocycles. The minimum atomic E-state index is -0.850. The van der Waals surface area contributed by atoms with Crippen LogP contribution >= 0.6 is 0 Å². The number of ketones is 1. The summed E-state index contributed by atoms with van der Waals surface area (Å²) in [5.74, 6) is -0.0713. The third-order valence-corrected chi connectivity index (χ3v) is 3.48. The number of carbonyl (C=O) groups is 2. The fourth-order valence-electron chi connectivity index (χ4n) is 2.36. The Morgan fingerprint density at radius 1 is 0.913 bits per heavy atom. The predicted octanol–water partition coefficient (Wildman–Crippen LogP) is 3.74.